The molecule has 1 heterocycles. The molecule has 2 N–H and O–H groups in total. The third kappa shape index (κ3) is 3.39. The molecular formula is C15H19N3O3. The Balaban J connectivity index is 2.13. The van der Waals surface area contributed by atoms with Crippen LogP contribution in [0.1, 0.15) is 44.0 Å². The van der Waals surface area contributed by atoms with Crippen LogP contribution < -0.4 is 15.5 Å². The van der Waals surface area contributed by atoms with Crippen molar-refractivity contribution in [3.8, 4) is 5.75 Å². The molecule has 6 nitrogen and oxygen atoms in total. The van der Waals surface area contributed by atoms with Gasteiger partial charge in [0.05, 0.1) is 5.69 Å². The monoisotopic (exact) mass is 289 g/mol. The van der Waals surface area contributed by atoms with Crippen LogP contribution >= 0.6 is 0 Å². The quantitative estimate of drug-likeness (QED) is 0.659. The van der Waals surface area contributed by atoms with E-state index in [4.69, 9.17) is 4.74 Å². The number of hydrogen-bond acceptors (Lipinski definition) is 4. The maximum atomic E-state index is 11.9. The molecule has 0 saturated carbocycles. The van der Waals surface area contributed by atoms with Crippen molar-refractivity contribution < 1.29 is 14.3 Å². The number of amides is 2. The number of nitrogens with zero attached hydrogens (tertiary/aromatic N) is 1. The fraction of sp³-hybridized carbons (Fsp3) is 0.400. The third-order valence-corrected chi connectivity index (χ3v) is 3.08. The van der Waals surface area contributed by atoms with Crippen LogP contribution in [0.25, 0.3) is 0 Å². The Hall–Kier alpha value is -2.37. The molecule has 0 saturated heterocycles. The number of fused-ring (bicyclic) bond motifs is 1. The highest BCUT2D eigenvalue weighted by molar-refractivity contribution is 6.02. The molecule has 0 bridgehead atoms. The number of rotatable bonds is 4. The summed E-state index contributed by atoms with van der Waals surface area (Å²) < 4.78 is 5.61. The molecule has 0 aromatic heterocycles. The lowest BCUT2D eigenvalue weighted by Crippen LogP contribution is -2.45. The standard InChI is InChI=1S/C15H19N3O3/c1-4-5-8-16-18-13(19)10-6-7-12-11(9-10)17-14(20)15(2,3)21-12/h6-9H,4-5H2,1-3H3,(H,17,20)(H,18,19)/b16-8-. The largest absolute Gasteiger partial charge is 0.476 e. The molecule has 0 unspecified atom stereocenters. The summed E-state index contributed by atoms with van der Waals surface area (Å²) in [6.07, 6.45) is 3.44. The van der Waals surface area contributed by atoms with Gasteiger partial charge in [-0.2, -0.15) is 5.10 Å². The van der Waals surface area contributed by atoms with Crippen LogP contribution in [0.5, 0.6) is 5.75 Å². The van der Waals surface area contributed by atoms with Gasteiger partial charge in [-0.05, 0) is 38.5 Å². The molecule has 2 rings (SSSR count). The van der Waals surface area contributed by atoms with Crippen LogP contribution in [0, 0.1) is 0 Å². The third-order valence-electron chi connectivity index (χ3n) is 3.08. The van der Waals surface area contributed by atoms with Crippen molar-refractivity contribution in [2.24, 2.45) is 5.10 Å². The molecule has 21 heavy (non-hydrogen) atoms. The summed E-state index contributed by atoms with van der Waals surface area (Å²) in [5.41, 5.74) is 2.43. The normalized spacial score (nSPS) is 16.0. The highest BCUT2D eigenvalue weighted by Crippen LogP contribution is 2.34. The van der Waals surface area contributed by atoms with E-state index in [1.807, 2.05) is 6.92 Å². The molecule has 1 aromatic carbocycles. The van der Waals surface area contributed by atoms with Crippen molar-refractivity contribution in [2.45, 2.75) is 39.2 Å². The summed E-state index contributed by atoms with van der Waals surface area (Å²) in [5, 5.41) is 6.58. The lowest BCUT2D eigenvalue weighted by Gasteiger charge is -2.31. The number of carbonyl (C=O) groups is 2. The molecule has 2 amide bonds. The number of ether oxygens (including phenoxy) is 1. The number of benzene rings is 1. The molecule has 1 aliphatic rings. The smallest absolute Gasteiger partial charge is 0.271 e. The zero-order valence-electron chi connectivity index (χ0n) is 12.4. The van der Waals surface area contributed by atoms with Crippen LogP contribution in [-0.2, 0) is 4.79 Å². The minimum Gasteiger partial charge on any atom is -0.476 e. The van der Waals surface area contributed by atoms with E-state index in [0.717, 1.165) is 12.8 Å². The number of hydrogen-bond donors (Lipinski definition) is 2. The lowest BCUT2D eigenvalue weighted by atomic mass is 10.0. The molecule has 0 spiro atoms. The van der Waals surface area contributed by atoms with E-state index >= 15 is 0 Å². The summed E-state index contributed by atoms with van der Waals surface area (Å²) in [4.78, 5) is 23.8. The second-order valence-corrected chi connectivity index (χ2v) is 5.32. The molecular weight excluding hydrogens is 270 g/mol. The van der Waals surface area contributed by atoms with E-state index in [2.05, 4.69) is 15.8 Å². The molecule has 0 radical (unpaired) electrons. The average molecular weight is 289 g/mol. The Kier molecular flexibility index (Phi) is 4.26. The van der Waals surface area contributed by atoms with Crippen molar-refractivity contribution in [2.75, 3.05) is 5.32 Å². The summed E-state index contributed by atoms with van der Waals surface area (Å²) in [5.74, 6) is -0.0246. The number of nitrogens with one attached hydrogen (secondary N) is 2. The van der Waals surface area contributed by atoms with Crippen molar-refractivity contribution in [3.63, 3.8) is 0 Å². The maximum absolute atomic E-state index is 11.9. The Morgan fingerprint density at radius 3 is 2.95 bits per heavy atom. The minimum atomic E-state index is -0.915. The Morgan fingerprint density at radius 1 is 1.48 bits per heavy atom. The van der Waals surface area contributed by atoms with Gasteiger partial charge in [-0.15, -0.1) is 0 Å². The molecule has 1 aliphatic heterocycles. The van der Waals surface area contributed by atoms with E-state index in [1.165, 1.54) is 0 Å². The molecule has 112 valence electrons. The lowest BCUT2D eigenvalue weighted by molar-refractivity contribution is -0.129. The van der Waals surface area contributed by atoms with E-state index in [-0.39, 0.29) is 11.8 Å². The molecule has 0 fully saturated rings. The molecule has 6 heteroatoms. The van der Waals surface area contributed by atoms with Crippen LogP contribution in [0.2, 0.25) is 0 Å². The molecule has 0 atom stereocenters. The van der Waals surface area contributed by atoms with Crippen molar-refractivity contribution in [1.29, 1.82) is 0 Å². The Bertz CT molecular complexity index is 594. The van der Waals surface area contributed by atoms with Gasteiger partial charge in [0.15, 0.2) is 5.60 Å². The van der Waals surface area contributed by atoms with Gasteiger partial charge in [0.1, 0.15) is 5.75 Å². The highest BCUT2D eigenvalue weighted by atomic mass is 16.5. The van der Waals surface area contributed by atoms with Crippen molar-refractivity contribution in [3.05, 3.63) is 23.8 Å². The zero-order chi connectivity index (χ0) is 15.5. The van der Waals surface area contributed by atoms with Gasteiger partial charge < -0.3 is 10.1 Å². The van der Waals surface area contributed by atoms with Crippen LogP contribution in [-0.4, -0.2) is 23.6 Å². The predicted octanol–water partition coefficient (Wildman–Crippen LogP) is 2.31. The van der Waals surface area contributed by atoms with E-state index < -0.39 is 5.60 Å². The summed E-state index contributed by atoms with van der Waals surface area (Å²) in [6.45, 7) is 5.41. The second kappa shape index (κ2) is 5.95. The summed E-state index contributed by atoms with van der Waals surface area (Å²) in [6, 6.07) is 4.88. The fourth-order valence-electron chi connectivity index (χ4n) is 1.81. The summed E-state index contributed by atoms with van der Waals surface area (Å²) >= 11 is 0. The van der Waals surface area contributed by atoms with Gasteiger partial charge in [-0.25, -0.2) is 5.43 Å². The van der Waals surface area contributed by atoms with Gasteiger partial charge in [0.25, 0.3) is 11.8 Å². The Morgan fingerprint density at radius 2 is 2.24 bits per heavy atom. The first kappa shape index (κ1) is 15.0. The predicted molar refractivity (Wildman–Crippen MR) is 80.6 cm³/mol. The van der Waals surface area contributed by atoms with Crippen molar-refractivity contribution >= 4 is 23.7 Å². The number of carbonyl (C=O) groups excluding carboxylic acids is 2. The van der Waals surface area contributed by atoms with Crippen LogP contribution in [0.15, 0.2) is 23.3 Å². The van der Waals surface area contributed by atoms with E-state index in [9.17, 15) is 9.59 Å². The van der Waals surface area contributed by atoms with Gasteiger partial charge in [-0.3, -0.25) is 9.59 Å². The van der Waals surface area contributed by atoms with E-state index in [1.54, 1.807) is 38.3 Å². The van der Waals surface area contributed by atoms with Gasteiger partial charge in [0.2, 0.25) is 0 Å². The number of unbranched alkanes of at least 4 members (excludes halogenated alkanes) is 1. The van der Waals surface area contributed by atoms with Gasteiger partial charge in [-0.1, -0.05) is 13.3 Å². The number of anilines is 1. The first-order chi connectivity index (χ1) is 9.94. The Labute approximate surface area is 123 Å². The molecule has 0 aliphatic carbocycles. The zero-order valence-corrected chi connectivity index (χ0v) is 12.4. The summed E-state index contributed by atoms with van der Waals surface area (Å²) in [7, 11) is 0. The minimum absolute atomic E-state index is 0.242. The topological polar surface area (TPSA) is 79.8 Å². The molecule has 1 aromatic rings. The highest BCUT2D eigenvalue weighted by Gasteiger charge is 2.35. The average Bonchev–Trinajstić information content (AvgIpc) is 2.44. The van der Waals surface area contributed by atoms with Gasteiger partial charge >= 0.3 is 0 Å². The first-order valence-electron chi connectivity index (χ1n) is 6.90. The maximum Gasteiger partial charge on any atom is 0.271 e. The number of hydrazone groups is 1. The first-order valence-corrected chi connectivity index (χ1v) is 6.90. The van der Waals surface area contributed by atoms with Crippen LogP contribution in [0.3, 0.4) is 0 Å². The SMILES string of the molecule is CCC/C=N\NC(=O)c1ccc2c(c1)NC(=O)C(C)(C)O2. The van der Waals surface area contributed by atoms with Gasteiger partial charge in [0, 0.05) is 11.8 Å². The second-order valence-electron chi connectivity index (χ2n) is 5.32. The fourth-order valence-corrected chi connectivity index (χ4v) is 1.81. The van der Waals surface area contributed by atoms with Crippen molar-refractivity contribution in [1.82, 2.24) is 5.43 Å². The van der Waals surface area contributed by atoms with E-state index in [0.29, 0.717) is 17.0 Å². The van der Waals surface area contributed by atoms with Crippen LogP contribution in [0.4, 0.5) is 5.69 Å².